The minimum atomic E-state index is -0.641. The number of carbonyl (C=O) groups is 1. The summed E-state index contributed by atoms with van der Waals surface area (Å²) in [5.41, 5.74) is 1.08. The minimum absolute atomic E-state index is 0.127. The zero-order valence-corrected chi connectivity index (χ0v) is 17.9. The van der Waals surface area contributed by atoms with Gasteiger partial charge in [-0.05, 0) is 24.1 Å². The van der Waals surface area contributed by atoms with Gasteiger partial charge in [0, 0.05) is 24.4 Å². The molecule has 0 radical (unpaired) electrons. The molecule has 33 heavy (non-hydrogen) atoms. The average Bonchev–Trinajstić information content (AvgIpc) is 2.85. The number of nitrogens with zero attached hydrogens (tertiary/aromatic N) is 3. The van der Waals surface area contributed by atoms with Crippen LogP contribution >= 0.6 is 0 Å². The number of amides is 1. The van der Waals surface area contributed by atoms with Crippen LogP contribution < -0.4 is 15.2 Å². The highest BCUT2D eigenvalue weighted by Gasteiger charge is 2.37. The zero-order valence-electron chi connectivity index (χ0n) is 17.9. The van der Waals surface area contributed by atoms with E-state index in [0.29, 0.717) is 11.1 Å². The van der Waals surface area contributed by atoms with E-state index in [1.165, 1.54) is 21.8 Å². The molecule has 1 amide bonds. The SMILES string of the molecule is Cc1ccc2c(c1F)OC/C=C\CN1CN([C@@H]2c2ccccc2)n2ccc(=O)c(O)c2C1=O. The van der Waals surface area contributed by atoms with Gasteiger partial charge in [-0.25, -0.2) is 4.39 Å². The fraction of sp³-hybridized carbons (Fsp3) is 0.200. The van der Waals surface area contributed by atoms with Gasteiger partial charge in [-0.3, -0.25) is 19.3 Å². The molecular formula is C25H22FN3O4. The Bertz CT molecular complexity index is 1320. The third-order valence-electron chi connectivity index (χ3n) is 5.98. The number of hydrogen-bond donors (Lipinski definition) is 1. The highest BCUT2D eigenvalue weighted by Crippen LogP contribution is 2.39. The highest BCUT2D eigenvalue weighted by atomic mass is 19.1. The Morgan fingerprint density at radius 3 is 2.64 bits per heavy atom. The maximum atomic E-state index is 15.3. The van der Waals surface area contributed by atoms with E-state index in [4.69, 9.17) is 4.74 Å². The predicted octanol–water partition coefficient (Wildman–Crippen LogP) is 3.09. The molecule has 0 saturated carbocycles. The molecule has 1 aromatic heterocycles. The largest absolute Gasteiger partial charge is 0.502 e. The number of halogens is 1. The van der Waals surface area contributed by atoms with Crippen molar-refractivity contribution in [3.63, 3.8) is 0 Å². The van der Waals surface area contributed by atoms with Crippen LogP contribution in [0.25, 0.3) is 0 Å². The van der Waals surface area contributed by atoms with Gasteiger partial charge in [0.25, 0.3) is 5.91 Å². The number of hydrogen-bond acceptors (Lipinski definition) is 5. The van der Waals surface area contributed by atoms with Gasteiger partial charge < -0.3 is 14.7 Å². The molecule has 0 unspecified atom stereocenters. The first-order chi connectivity index (χ1) is 16.0. The quantitative estimate of drug-likeness (QED) is 0.581. The molecule has 0 aliphatic carbocycles. The van der Waals surface area contributed by atoms with Crippen molar-refractivity contribution in [1.29, 1.82) is 0 Å². The molecule has 5 rings (SSSR count). The van der Waals surface area contributed by atoms with Crippen LogP contribution in [0, 0.1) is 12.7 Å². The van der Waals surface area contributed by atoms with E-state index in [9.17, 15) is 14.7 Å². The molecule has 8 heteroatoms. The topological polar surface area (TPSA) is 75.0 Å². The molecule has 0 saturated heterocycles. The van der Waals surface area contributed by atoms with Crippen LogP contribution in [0.3, 0.4) is 0 Å². The molecule has 7 nitrogen and oxygen atoms in total. The molecule has 168 valence electrons. The summed E-state index contributed by atoms with van der Waals surface area (Å²) in [6, 6.07) is 13.6. The Morgan fingerprint density at radius 1 is 1.06 bits per heavy atom. The summed E-state index contributed by atoms with van der Waals surface area (Å²) in [5.74, 6) is -1.40. The molecule has 2 aliphatic rings. The normalized spacial score (nSPS) is 18.6. The van der Waals surface area contributed by atoms with Crippen LogP contribution in [0.15, 0.2) is 71.7 Å². The van der Waals surface area contributed by atoms with Gasteiger partial charge in [0.2, 0.25) is 5.43 Å². The van der Waals surface area contributed by atoms with Crippen LogP contribution in [0.2, 0.25) is 0 Å². The molecule has 3 aromatic rings. The van der Waals surface area contributed by atoms with Crippen molar-refractivity contribution in [1.82, 2.24) is 9.58 Å². The van der Waals surface area contributed by atoms with Crippen LogP contribution in [-0.2, 0) is 0 Å². The number of fused-ring (bicyclic) bond motifs is 5. The molecule has 2 aliphatic heterocycles. The fourth-order valence-corrected chi connectivity index (χ4v) is 4.31. The molecule has 1 atom stereocenters. The van der Waals surface area contributed by atoms with E-state index >= 15 is 4.39 Å². The van der Waals surface area contributed by atoms with Crippen molar-refractivity contribution >= 4 is 5.91 Å². The lowest BCUT2D eigenvalue weighted by molar-refractivity contribution is 0.0701. The first-order valence-electron chi connectivity index (χ1n) is 10.6. The minimum Gasteiger partial charge on any atom is -0.502 e. The second kappa shape index (κ2) is 8.12. The standard InChI is InChI=1S/C25H22FN3O4/c1-16-9-10-18-21(17-7-3-2-4-8-17)29-15-27(12-5-6-14-33-24(18)20(16)26)25(32)22-23(31)19(30)11-13-28(22)29/h2-11,13,21,31H,12,14-15H2,1H3/b6-5-/t21-/m1/s1. The second-order valence-electron chi connectivity index (χ2n) is 8.04. The summed E-state index contributed by atoms with van der Waals surface area (Å²) in [7, 11) is 0. The van der Waals surface area contributed by atoms with Crippen molar-refractivity contribution < 1.29 is 19.0 Å². The third-order valence-corrected chi connectivity index (χ3v) is 5.98. The zero-order chi connectivity index (χ0) is 23.1. The predicted molar refractivity (Wildman–Crippen MR) is 121 cm³/mol. The molecule has 0 fully saturated rings. The van der Waals surface area contributed by atoms with Gasteiger partial charge in [-0.15, -0.1) is 0 Å². The molecule has 3 heterocycles. The van der Waals surface area contributed by atoms with Gasteiger partial charge in [-0.2, -0.15) is 0 Å². The van der Waals surface area contributed by atoms with Crippen LogP contribution in [0.4, 0.5) is 4.39 Å². The number of benzene rings is 2. The van der Waals surface area contributed by atoms with E-state index in [-0.39, 0.29) is 31.3 Å². The van der Waals surface area contributed by atoms with E-state index < -0.39 is 28.9 Å². The Morgan fingerprint density at radius 2 is 1.85 bits per heavy atom. The number of aryl methyl sites for hydroxylation is 1. The lowest BCUT2D eigenvalue weighted by atomic mass is 9.95. The van der Waals surface area contributed by atoms with Crippen LogP contribution in [0.5, 0.6) is 11.5 Å². The number of rotatable bonds is 1. The Labute approximate surface area is 189 Å². The summed E-state index contributed by atoms with van der Waals surface area (Å²) in [6.07, 6.45) is 4.93. The maximum Gasteiger partial charge on any atom is 0.278 e. The summed E-state index contributed by atoms with van der Waals surface area (Å²) < 4.78 is 22.7. The van der Waals surface area contributed by atoms with Crippen molar-refractivity contribution in [3.8, 4) is 11.5 Å². The van der Waals surface area contributed by atoms with E-state index in [2.05, 4.69) is 0 Å². The molecular weight excluding hydrogens is 425 g/mol. The van der Waals surface area contributed by atoms with Crippen LogP contribution in [-0.4, -0.2) is 40.4 Å². The van der Waals surface area contributed by atoms with E-state index in [1.807, 2.05) is 41.4 Å². The van der Waals surface area contributed by atoms with Crippen LogP contribution in [0.1, 0.15) is 33.2 Å². The summed E-state index contributed by atoms with van der Waals surface area (Å²) >= 11 is 0. The number of carbonyl (C=O) groups excluding carboxylic acids is 1. The van der Waals surface area contributed by atoms with Gasteiger partial charge in [0.05, 0.1) is 0 Å². The Hall–Kier alpha value is -4.07. The van der Waals surface area contributed by atoms with E-state index in [1.54, 1.807) is 25.1 Å². The summed E-state index contributed by atoms with van der Waals surface area (Å²) in [4.78, 5) is 26.9. The van der Waals surface area contributed by atoms with Crippen molar-refractivity contribution in [3.05, 3.63) is 105 Å². The fourth-order valence-electron chi connectivity index (χ4n) is 4.31. The van der Waals surface area contributed by atoms with Gasteiger partial charge in [-0.1, -0.05) is 48.5 Å². The number of ether oxygens (including phenoxy) is 1. The Balaban J connectivity index is 1.83. The van der Waals surface area contributed by atoms with Gasteiger partial charge in [0.1, 0.15) is 19.3 Å². The lowest BCUT2D eigenvalue weighted by Crippen LogP contribution is -2.55. The molecule has 2 aromatic carbocycles. The average molecular weight is 447 g/mol. The lowest BCUT2D eigenvalue weighted by Gasteiger charge is -2.43. The summed E-state index contributed by atoms with van der Waals surface area (Å²) in [6.45, 7) is 2.19. The van der Waals surface area contributed by atoms with Gasteiger partial charge in [0.15, 0.2) is 23.0 Å². The monoisotopic (exact) mass is 447 g/mol. The first kappa shape index (κ1) is 20.8. The smallest absolute Gasteiger partial charge is 0.278 e. The first-order valence-corrected chi connectivity index (χ1v) is 10.6. The van der Waals surface area contributed by atoms with Crippen molar-refractivity contribution in [2.45, 2.75) is 13.0 Å². The van der Waals surface area contributed by atoms with Crippen molar-refractivity contribution in [2.75, 3.05) is 24.8 Å². The van der Waals surface area contributed by atoms with Gasteiger partial charge >= 0.3 is 0 Å². The highest BCUT2D eigenvalue weighted by molar-refractivity contribution is 5.96. The second-order valence-corrected chi connectivity index (χ2v) is 8.04. The molecule has 0 spiro atoms. The van der Waals surface area contributed by atoms with E-state index in [0.717, 1.165) is 5.56 Å². The number of aromatic nitrogens is 1. The Kier molecular flexibility index (Phi) is 5.12. The summed E-state index contributed by atoms with van der Waals surface area (Å²) in [5, 5.41) is 12.4. The maximum absolute atomic E-state index is 15.3. The molecule has 2 bridgehead atoms. The molecule has 1 N–H and O–H groups in total. The number of aromatic hydroxyl groups is 1. The third kappa shape index (κ3) is 3.44. The number of pyridine rings is 1. The van der Waals surface area contributed by atoms with Crippen molar-refractivity contribution in [2.24, 2.45) is 0 Å².